The number of halogens is 2. The van der Waals surface area contributed by atoms with Gasteiger partial charge in [0.05, 0.1) is 17.8 Å². The van der Waals surface area contributed by atoms with E-state index >= 15 is 0 Å². The van der Waals surface area contributed by atoms with Gasteiger partial charge in [-0.1, -0.05) is 0 Å². The van der Waals surface area contributed by atoms with Gasteiger partial charge in [0.1, 0.15) is 11.6 Å². The van der Waals surface area contributed by atoms with E-state index in [4.69, 9.17) is 10.5 Å². The zero-order valence-electron chi connectivity index (χ0n) is 11.4. The molecule has 1 aromatic rings. The van der Waals surface area contributed by atoms with Gasteiger partial charge in [0.2, 0.25) is 0 Å². The maximum absolute atomic E-state index is 13.4. The summed E-state index contributed by atoms with van der Waals surface area (Å²) in [7, 11) is 0. The predicted octanol–water partition coefficient (Wildman–Crippen LogP) is 2.07. The molecule has 5 heteroatoms. The van der Waals surface area contributed by atoms with E-state index in [9.17, 15) is 13.9 Å². The van der Waals surface area contributed by atoms with Crippen molar-refractivity contribution in [3.8, 4) is 0 Å². The highest BCUT2D eigenvalue weighted by atomic mass is 19.1. The third-order valence-electron chi connectivity index (χ3n) is 5.07. The third-order valence-corrected chi connectivity index (χ3v) is 5.07. The number of rotatable bonds is 3. The van der Waals surface area contributed by atoms with Crippen LogP contribution in [0.25, 0.3) is 0 Å². The van der Waals surface area contributed by atoms with Crippen LogP contribution in [0.15, 0.2) is 18.2 Å². The van der Waals surface area contributed by atoms with Crippen molar-refractivity contribution in [2.75, 3.05) is 6.54 Å². The standard InChI is InChI=1S/C15H19F2NO2/c1-14(19,9-4-10(16)6-11(17)5-9)15(8-18)7-12-2-3-13(15)20-12/h4-6,12-13,19H,2-3,7-8,18H2,1H3. The van der Waals surface area contributed by atoms with Crippen LogP contribution in [0.3, 0.4) is 0 Å². The van der Waals surface area contributed by atoms with Gasteiger partial charge in [-0.05, 0) is 43.9 Å². The normalized spacial score (nSPS) is 35.2. The predicted molar refractivity (Wildman–Crippen MR) is 69.9 cm³/mol. The topological polar surface area (TPSA) is 55.5 Å². The molecular formula is C15H19F2NO2. The highest BCUT2D eigenvalue weighted by Gasteiger charge is 2.60. The van der Waals surface area contributed by atoms with Crippen LogP contribution >= 0.6 is 0 Å². The first kappa shape index (κ1) is 13.9. The van der Waals surface area contributed by atoms with Crippen molar-refractivity contribution >= 4 is 0 Å². The van der Waals surface area contributed by atoms with E-state index in [2.05, 4.69) is 0 Å². The Morgan fingerprint density at radius 2 is 2.00 bits per heavy atom. The molecule has 110 valence electrons. The smallest absolute Gasteiger partial charge is 0.126 e. The molecule has 4 atom stereocenters. The lowest BCUT2D eigenvalue weighted by atomic mass is 9.61. The lowest BCUT2D eigenvalue weighted by molar-refractivity contribution is -0.105. The molecule has 3 nitrogen and oxygen atoms in total. The van der Waals surface area contributed by atoms with E-state index in [-0.39, 0.29) is 24.3 Å². The summed E-state index contributed by atoms with van der Waals surface area (Å²) >= 11 is 0. The van der Waals surface area contributed by atoms with Gasteiger partial charge < -0.3 is 15.6 Å². The van der Waals surface area contributed by atoms with Gasteiger partial charge in [0.15, 0.2) is 0 Å². The maximum Gasteiger partial charge on any atom is 0.126 e. The Balaban J connectivity index is 2.05. The molecule has 4 unspecified atom stereocenters. The van der Waals surface area contributed by atoms with E-state index in [0.717, 1.165) is 18.9 Å². The Hall–Kier alpha value is -1.04. The molecule has 2 aliphatic rings. The first-order chi connectivity index (χ1) is 9.39. The van der Waals surface area contributed by atoms with Crippen LogP contribution in [-0.4, -0.2) is 23.9 Å². The fraction of sp³-hybridized carbons (Fsp3) is 0.600. The fourth-order valence-electron chi connectivity index (χ4n) is 3.85. The average molecular weight is 283 g/mol. The molecule has 3 rings (SSSR count). The highest BCUT2D eigenvalue weighted by molar-refractivity contribution is 5.29. The molecule has 3 N–H and O–H groups in total. The van der Waals surface area contributed by atoms with Crippen LogP contribution < -0.4 is 5.73 Å². The summed E-state index contributed by atoms with van der Waals surface area (Å²) in [5.74, 6) is -1.40. The number of benzene rings is 1. The largest absolute Gasteiger partial charge is 0.385 e. The Labute approximate surface area is 116 Å². The molecule has 0 aliphatic carbocycles. The Morgan fingerprint density at radius 1 is 1.35 bits per heavy atom. The van der Waals surface area contributed by atoms with E-state index in [1.807, 2.05) is 0 Å². The van der Waals surface area contributed by atoms with Gasteiger partial charge in [-0.15, -0.1) is 0 Å². The number of hydrogen-bond donors (Lipinski definition) is 2. The molecular weight excluding hydrogens is 264 g/mol. The summed E-state index contributed by atoms with van der Waals surface area (Å²) < 4.78 is 32.7. The second-order valence-electron chi connectivity index (χ2n) is 6.12. The van der Waals surface area contributed by atoms with Crippen LogP contribution in [0.5, 0.6) is 0 Å². The van der Waals surface area contributed by atoms with Gasteiger partial charge in [-0.2, -0.15) is 0 Å². The van der Waals surface area contributed by atoms with Gasteiger partial charge in [0.25, 0.3) is 0 Å². The summed E-state index contributed by atoms with van der Waals surface area (Å²) in [6.07, 6.45) is 2.35. The van der Waals surface area contributed by atoms with Crippen molar-refractivity contribution in [2.24, 2.45) is 11.1 Å². The number of nitrogens with two attached hydrogens (primary N) is 1. The highest BCUT2D eigenvalue weighted by Crippen LogP contribution is 2.56. The number of aliphatic hydroxyl groups is 1. The van der Waals surface area contributed by atoms with Gasteiger partial charge >= 0.3 is 0 Å². The van der Waals surface area contributed by atoms with E-state index in [1.165, 1.54) is 12.1 Å². The van der Waals surface area contributed by atoms with Crippen molar-refractivity contribution in [3.05, 3.63) is 35.4 Å². The zero-order chi connectivity index (χ0) is 14.5. The van der Waals surface area contributed by atoms with Crippen LogP contribution in [0, 0.1) is 17.0 Å². The molecule has 0 saturated carbocycles. The van der Waals surface area contributed by atoms with Gasteiger partial charge in [-0.25, -0.2) is 8.78 Å². The molecule has 2 heterocycles. The Bertz CT molecular complexity index is 514. The summed E-state index contributed by atoms with van der Waals surface area (Å²) in [5, 5.41) is 11.0. The minimum atomic E-state index is -1.43. The number of fused-ring (bicyclic) bond motifs is 2. The van der Waals surface area contributed by atoms with Crippen LogP contribution in [0.2, 0.25) is 0 Å². The maximum atomic E-state index is 13.4. The van der Waals surface area contributed by atoms with Crippen molar-refractivity contribution in [3.63, 3.8) is 0 Å². The molecule has 2 aliphatic heterocycles. The SMILES string of the molecule is CC(O)(c1cc(F)cc(F)c1)C1(CN)CC2CCC1O2. The molecule has 0 spiro atoms. The molecule has 0 amide bonds. The molecule has 0 aromatic heterocycles. The minimum Gasteiger partial charge on any atom is -0.385 e. The molecule has 2 saturated heterocycles. The van der Waals surface area contributed by atoms with E-state index in [1.54, 1.807) is 6.92 Å². The van der Waals surface area contributed by atoms with E-state index < -0.39 is 22.7 Å². The fourth-order valence-corrected chi connectivity index (χ4v) is 3.85. The third kappa shape index (κ3) is 1.80. The van der Waals surface area contributed by atoms with Crippen LogP contribution in [0.4, 0.5) is 8.78 Å². The van der Waals surface area contributed by atoms with Gasteiger partial charge in [-0.3, -0.25) is 0 Å². The molecule has 2 fully saturated rings. The van der Waals surface area contributed by atoms with Gasteiger partial charge in [0, 0.05) is 18.0 Å². The quantitative estimate of drug-likeness (QED) is 0.893. The molecule has 0 radical (unpaired) electrons. The summed E-state index contributed by atoms with van der Waals surface area (Å²) in [5.41, 5.74) is 4.04. The number of ether oxygens (including phenoxy) is 1. The van der Waals surface area contributed by atoms with E-state index in [0.29, 0.717) is 6.42 Å². The lowest BCUT2D eigenvalue weighted by Gasteiger charge is -2.46. The Kier molecular flexibility index (Phi) is 3.12. The zero-order valence-corrected chi connectivity index (χ0v) is 11.4. The van der Waals surface area contributed by atoms with Crippen molar-refractivity contribution in [2.45, 2.75) is 44.0 Å². The number of hydrogen-bond acceptors (Lipinski definition) is 3. The van der Waals surface area contributed by atoms with Crippen molar-refractivity contribution < 1.29 is 18.6 Å². The molecule has 20 heavy (non-hydrogen) atoms. The second-order valence-corrected chi connectivity index (χ2v) is 6.12. The van der Waals surface area contributed by atoms with Crippen molar-refractivity contribution in [1.82, 2.24) is 0 Å². The minimum absolute atomic E-state index is 0.0911. The average Bonchev–Trinajstić information content (AvgIpc) is 2.98. The lowest BCUT2D eigenvalue weighted by Crippen LogP contribution is -2.54. The summed E-state index contributed by atoms with van der Waals surface area (Å²) in [4.78, 5) is 0. The monoisotopic (exact) mass is 283 g/mol. The van der Waals surface area contributed by atoms with Crippen LogP contribution in [0.1, 0.15) is 31.7 Å². The Morgan fingerprint density at radius 3 is 2.45 bits per heavy atom. The van der Waals surface area contributed by atoms with Crippen molar-refractivity contribution in [1.29, 1.82) is 0 Å². The summed E-state index contributed by atoms with van der Waals surface area (Å²) in [6, 6.07) is 3.14. The molecule has 1 aromatic carbocycles. The second kappa shape index (κ2) is 4.48. The first-order valence-corrected chi connectivity index (χ1v) is 6.93. The van der Waals surface area contributed by atoms with Crippen LogP contribution in [-0.2, 0) is 10.3 Å². The summed E-state index contributed by atoms with van der Waals surface area (Å²) in [6.45, 7) is 1.80. The first-order valence-electron chi connectivity index (χ1n) is 6.93. The molecule has 2 bridgehead atoms.